The molecule has 0 aromatic heterocycles. The predicted molar refractivity (Wildman–Crippen MR) is 156 cm³/mol. The fraction of sp³-hybridized carbons (Fsp3) is 0.310. The van der Waals surface area contributed by atoms with Crippen LogP contribution >= 0.6 is 23.2 Å². The van der Waals surface area contributed by atoms with Crippen molar-refractivity contribution in [3.8, 4) is 0 Å². The summed E-state index contributed by atoms with van der Waals surface area (Å²) in [5, 5.41) is 3.52. The minimum atomic E-state index is -4.25. The van der Waals surface area contributed by atoms with E-state index in [0.29, 0.717) is 22.2 Å². The number of aryl methyl sites for hydroxylation is 1. The van der Waals surface area contributed by atoms with E-state index in [1.54, 1.807) is 31.2 Å². The third-order valence-corrected chi connectivity index (χ3v) is 8.59. The highest BCUT2D eigenvalue weighted by atomic mass is 35.5. The molecular formula is C29H32Cl2FN3O4S. The maximum Gasteiger partial charge on any atom is 0.264 e. The van der Waals surface area contributed by atoms with Gasteiger partial charge >= 0.3 is 0 Å². The number of nitrogens with one attached hydrogen (secondary N) is 1. The van der Waals surface area contributed by atoms with Crippen molar-refractivity contribution in [2.24, 2.45) is 5.92 Å². The van der Waals surface area contributed by atoms with E-state index in [-0.39, 0.29) is 23.0 Å². The molecule has 1 N–H and O–H groups in total. The molecular weight excluding hydrogens is 576 g/mol. The molecule has 214 valence electrons. The summed E-state index contributed by atoms with van der Waals surface area (Å²) in [5.41, 5.74) is 1.48. The summed E-state index contributed by atoms with van der Waals surface area (Å²) < 4.78 is 42.2. The average Bonchev–Trinajstić information content (AvgIpc) is 2.90. The molecule has 0 saturated heterocycles. The first-order valence-electron chi connectivity index (χ1n) is 12.7. The topological polar surface area (TPSA) is 86.8 Å². The molecule has 11 heteroatoms. The molecule has 2 amide bonds. The number of hydrogen-bond acceptors (Lipinski definition) is 4. The molecule has 0 heterocycles. The van der Waals surface area contributed by atoms with Gasteiger partial charge < -0.3 is 10.2 Å². The molecule has 0 aliphatic carbocycles. The van der Waals surface area contributed by atoms with Gasteiger partial charge in [-0.25, -0.2) is 12.8 Å². The van der Waals surface area contributed by atoms with E-state index in [1.165, 1.54) is 35.2 Å². The number of sulfonamides is 1. The Morgan fingerprint density at radius 3 is 2.15 bits per heavy atom. The molecule has 0 aliphatic rings. The zero-order valence-electron chi connectivity index (χ0n) is 22.7. The van der Waals surface area contributed by atoms with Crippen molar-refractivity contribution in [3.63, 3.8) is 0 Å². The van der Waals surface area contributed by atoms with Gasteiger partial charge in [0.1, 0.15) is 18.4 Å². The Kier molecular flexibility index (Phi) is 10.6. The zero-order chi connectivity index (χ0) is 29.6. The third kappa shape index (κ3) is 7.96. The predicted octanol–water partition coefficient (Wildman–Crippen LogP) is 5.83. The second kappa shape index (κ2) is 13.5. The smallest absolute Gasteiger partial charge is 0.264 e. The minimum absolute atomic E-state index is 0.0368. The Balaban J connectivity index is 2.03. The molecule has 0 radical (unpaired) electrons. The van der Waals surface area contributed by atoms with Crippen molar-refractivity contribution in [2.75, 3.05) is 17.4 Å². The minimum Gasteiger partial charge on any atom is -0.354 e. The number of rotatable bonds is 11. The second-order valence-electron chi connectivity index (χ2n) is 9.87. The standard InChI is InChI=1S/C29H32Cl2FN3O4S/c1-19(2)16-33-29(37)21(4)34(17-22-7-8-23(30)15-27(22)31)28(36)18-35(25-11-9-24(32)10-12-25)40(38,39)26-13-5-20(3)6-14-26/h5-15,19,21H,16-18H2,1-4H3,(H,33,37)/t21-/m0/s1. The Labute approximate surface area is 244 Å². The SMILES string of the molecule is Cc1ccc(S(=O)(=O)N(CC(=O)N(Cc2ccc(Cl)cc2Cl)[C@@H](C)C(=O)NCC(C)C)c2ccc(F)cc2)cc1. The lowest BCUT2D eigenvalue weighted by Crippen LogP contribution is -2.51. The van der Waals surface area contributed by atoms with Crippen molar-refractivity contribution in [3.05, 3.63) is 93.7 Å². The number of amides is 2. The summed E-state index contributed by atoms with van der Waals surface area (Å²) >= 11 is 12.4. The number of anilines is 1. The summed E-state index contributed by atoms with van der Waals surface area (Å²) in [7, 11) is -4.25. The molecule has 0 fully saturated rings. The van der Waals surface area contributed by atoms with Crippen LogP contribution in [0.3, 0.4) is 0 Å². The van der Waals surface area contributed by atoms with Gasteiger partial charge in [0, 0.05) is 23.1 Å². The van der Waals surface area contributed by atoms with Crippen LogP contribution < -0.4 is 9.62 Å². The summed E-state index contributed by atoms with van der Waals surface area (Å²) in [5.74, 6) is -1.43. The van der Waals surface area contributed by atoms with Crippen LogP contribution in [0.15, 0.2) is 71.6 Å². The first-order chi connectivity index (χ1) is 18.8. The van der Waals surface area contributed by atoms with Gasteiger partial charge in [-0.15, -0.1) is 0 Å². The number of benzene rings is 3. The van der Waals surface area contributed by atoms with E-state index < -0.39 is 40.2 Å². The van der Waals surface area contributed by atoms with Crippen LogP contribution in [0.25, 0.3) is 0 Å². The zero-order valence-corrected chi connectivity index (χ0v) is 25.0. The first kappa shape index (κ1) is 31.4. The Bertz CT molecular complexity index is 1450. The number of carbonyl (C=O) groups is 2. The van der Waals surface area contributed by atoms with Crippen LogP contribution in [0.5, 0.6) is 0 Å². The molecule has 3 aromatic rings. The molecule has 3 rings (SSSR count). The number of nitrogens with zero attached hydrogens (tertiary/aromatic N) is 2. The van der Waals surface area contributed by atoms with Crippen molar-refractivity contribution < 1.29 is 22.4 Å². The van der Waals surface area contributed by atoms with Crippen molar-refractivity contribution in [1.82, 2.24) is 10.2 Å². The van der Waals surface area contributed by atoms with Crippen LogP contribution in [-0.2, 0) is 26.2 Å². The lowest BCUT2D eigenvalue weighted by atomic mass is 10.1. The van der Waals surface area contributed by atoms with Gasteiger partial charge in [0.15, 0.2) is 0 Å². The molecule has 1 atom stereocenters. The fourth-order valence-electron chi connectivity index (χ4n) is 3.84. The first-order valence-corrected chi connectivity index (χ1v) is 14.8. The van der Waals surface area contributed by atoms with Gasteiger partial charge in [-0.05, 0) is 73.9 Å². The summed E-state index contributed by atoms with van der Waals surface area (Å²) in [6.45, 7) is 6.95. The van der Waals surface area contributed by atoms with E-state index in [1.807, 2.05) is 20.8 Å². The van der Waals surface area contributed by atoms with Crippen LogP contribution in [-0.4, -0.2) is 44.3 Å². The molecule has 0 saturated carbocycles. The van der Waals surface area contributed by atoms with Crippen LogP contribution in [0.2, 0.25) is 10.0 Å². The number of hydrogen-bond donors (Lipinski definition) is 1. The van der Waals surface area contributed by atoms with Gasteiger partial charge in [-0.2, -0.15) is 0 Å². The highest BCUT2D eigenvalue weighted by Crippen LogP contribution is 2.27. The second-order valence-corrected chi connectivity index (χ2v) is 12.6. The quantitative estimate of drug-likeness (QED) is 0.297. The van der Waals surface area contributed by atoms with Crippen molar-refractivity contribution >= 4 is 50.7 Å². The van der Waals surface area contributed by atoms with E-state index in [2.05, 4.69) is 5.32 Å². The van der Waals surface area contributed by atoms with Gasteiger partial charge in [0.25, 0.3) is 10.0 Å². The highest BCUT2D eigenvalue weighted by molar-refractivity contribution is 7.92. The Morgan fingerprint density at radius 1 is 0.950 bits per heavy atom. The van der Waals surface area contributed by atoms with Gasteiger partial charge in [0.05, 0.1) is 10.6 Å². The van der Waals surface area contributed by atoms with E-state index in [0.717, 1.165) is 22.0 Å². The summed E-state index contributed by atoms with van der Waals surface area (Å²) in [6, 6.07) is 14.8. The van der Waals surface area contributed by atoms with E-state index in [9.17, 15) is 22.4 Å². The van der Waals surface area contributed by atoms with Crippen LogP contribution in [0.1, 0.15) is 31.9 Å². The van der Waals surface area contributed by atoms with E-state index in [4.69, 9.17) is 23.2 Å². The summed E-state index contributed by atoms with van der Waals surface area (Å²) in [6.07, 6.45) is 0. The molecule has 0 unspecified atom stereocenters. The molecule has 7 nitrogen and oxygen atoms in total. The van der Waals surface area contributed by atoms with Crippen molar-refractivity contribution in [1.29, 1.82) is 0 Å². The lowest BCUT2D eigenvalue weighted by Gasteiger charge is -2.32. The van der Waals surface area contributed by atoms with Crippen molar-refractivity contribution in [2.45, 2.75) is 45.2 Å². The number of carbonyl (C=O) groups excluding carboxylic acids is 2. The normalized spacial score (nSPS) is 12.2. The monoisotopic (exact) mass is 607 g/mol. The molecule has 0 spiro atoms. The highest BCUT2D eigenvalue weighted by Gasteiger charge is 2.33. The average molecular weight is 609 g/mol. The van der Waals surface area contributed by atoms with Gasteiger partial charge in [-0.1, -0.05) is 60.8 Å². The molecule has 0 aliphatic heterocycles. The maximum absolute atomic E-state index is 13.9. The lowest BCUT2D eigenvalue weighted by molar-refractivity contribution is -0.139. The van der Waals surface area contributed by atoms with Gasteiger partial charge in [0.2, 0.25) is 11.8 Å². The molecule has 3 aromatic carbocycles. The number of halogens is 3. The van der Waals surface area contributed by atoms with Crippen LogP contribution in [0, 0.1) is 18.7 Å². The molecule has 40 heavy (non-hydrogen) atoms. The molecule has 0 bridgehead atoms. The fourth-order valence-corrected chi connectivity index (χ4v) is 5.72. The van der Waals surface area contributed by atoms with Gasteiger partial charge in [-0.3, -0.25) is 13.9 Å². The maximum atomic E-state index is 13.9. The largest absolute Gasteiger partial charge is 0.354 e. The van der Waals surface area contributed by atoms with E-state index >= 15 is 0 Å². The Hall–Kier alpha value is -3.14. The summed E-state index contributed by atoms with van der Waals surface area (Å²) in [4.78, 5) is 28.2. The van der Waals surface area contributed by atoms with Crippen LogP contribution in [0.4, 0.5) is 10.1 Å². The third-order valence-electron chi connectivity index (χ3n) is 6.21. The Morgan fingerprint density at radius 2 is 1.57 bits per heavy atom.